The fourth-order valence-corrected chi connectivity index (χ4v) is 6.11. The summed E-state index contributed by atoms with van der Waals surface area (Å²) in [6.45, 7) is 4.91. The van der Waals surface area contributed by atoms with Crippen LogP contribution in [-0.2, 0) is 6.42 Å². The smallest absolute Gasteiger partial charge is 0.317 e. The van der Waals surface area contributed by atoms with Crippen LogP contribution in [0.1, 0.15) is 55.8 Å². The minimum absolute atomic E-state index is 0.0108. The Bertz CT molecular complexity index is 1360. The number of urea groups is 1. The quantitative estimate of drug-likeness (QED) is 0.401. The van der Waals surface area contributed by atoms with Crippen molar-refractivity contribution >= 4 is 17.4 Å². The number of nitrogens with one attached hydrogen (secondary N) is 1. The number of amides is 2. The summed E-state index contributed by atoms with van der Waals surface area (Å²) in [7, 11) is 0. The highest BCUT2D eigenvalue weighted by Crippen LogP contribution is 2.41. The summed E-state index contributed by atoms with van der Waals surface area (Å²) in [4.78, 5) is 31.3. The van der Waals surface area contributed by atoms with E-state index in [0.717, 1.165) is 52.3 Å². The van der Waals surface area contributed by atoms with Crippen molar-refractivity contribution in [3.8, 4) is 32.8 Å². The molecule has 0 saturated carbocycles. The second-order valence-corrected chi connectivity index (χ2v) is 10.8. The van der Waals surface area contributed by atoms with Crippen LogP contribution in [0.3, 0.4) is 0 Å². The van der Waals surface area contributed by atoms with Gasteiger partial charge >= 0.3 is 6.03 Å². The average molecular weight is 516 g/mol. The van der Waals surface area contributed by atoms with Crippen molar-refractivity contribution in [3.63, 3.8) is 0 Å². The average Bonchev–Trinajstić information content (AvgIpc) is 3.56. The number of nitrogens with zero attached hydrogens (tertiary/aromatic N) is 4. The lowest BCUT2D eigenvalue weighted by Gasteiger charge is -2.30. The summed E-state index contributed by atoms with van der Waals surface area (Å²) in [6.07, 6.45) is 5.10. The number of benzene rings is 2. The van der Waals surface area contributed by atoms with Crippen molar-refractivity contribution in [2.24, 2.45) is 5.18 Å². The van der Waals surface area contributed by atoms with E-state index in [-0.39, 0.29) is 24.2 Å². The molecule has 2 aliphatic rings. The number of fused-ring (bicyclic) bond motifs is 1. The molecule has 2 amide bonds. The first kappa shape index (κ1) is 24.9. The van der Waals surface area contributed by atoms with Gasteiger partial charge in [0.15, 0.2) is 0 Å². The Morgan fingerprint density at radius 3 is 2.95 bits per heavy atom. The van der Waals surface area contributed by atoms with Crippen LogP contribution in [0.25, 0.3) is 21.0 Å². The highest BCUT2D eigenvalue weighted by atomic mass is 32.1. The number of hydrogen-bond donors (Lipinski definition) is 1. The van der Waals surface area contributed by atoms with E-state index < -0.39 is 0 Å². The number of aromatic nitrogens is 1. The fraction of sp³-hybridized carbons (Fsp3) is 0.393. The van der Waals surface area contributed by atoms with Crippen LogP contribution >= 0.6 is 11.3 Å². The molecule has 0 bridgehead atoms. The van der Waals surface area contributed by atoms with Crippen molar-refractivity contribution in [2.75, 3.05) is 13.1 Å². The molecule has 9 heteroatoms. The number of carbonyl (C=O) groups excluding carboxylic acids is 1. The Balaban J connectivity index is 1.35. The molecule has 37 heavy (non-hydrogen) atoms. The number of thiazole rings is 1. The van der Waals surface area contributed by atoms with Gasteiger partial charge in [0.1, 0.15) is 22.9 Å². The summed E-state index contributed by atoms with van der Waals surface area (Å²) >= 11 is 1.59. The van der Waals surface area contributed by atoms with Crippen molar-refractivity contribution in [1.82, 2.24) is 15.2 Å². The Morgan fingerprint density at radius 1 is 1.30 bits per heavy atom. The zero-order chi connectivity index (χ0) is 25.9. The molecule has 1 saturated heterocycles. The molecule has 1 N–H and O–H groups in total. The first-order valence-electron chi connectivity index (χ1n) is 12.6. The SMILES string of the molecule is CC(C)Oc1ccc(-c2ncc(-c3cccc4c3CCC4NC(=O)N3CCCC(N=O)C3)s2)cc1C#N. The minimum Gasteiger partial charge on any atom is -0.490 e. The number of piperidine rings is 1. The van der Waals surface area contributed by atoms with Gasteiger partial charge in [0, 0.05) is 24.8 Å². The largest absolute Gasteiger partial charge is 0.490 e. The molecule has 1 aliphatic heterocycles. The van der Waals surface area contributed by atoms with E-state index in [9.17, 15) is 15.0 Å². The maximum absolute atomic E-state index is 12.9. The van der Waals surface area contributed by atoms with Crippen LogP contribution in [0.15, 0.2) is 47.8 Å². The van der Waals surface area contributed by atoms with Crippen LogP contribution in [0.4, 0.5) is 4.79 Å². The molecular formula is C28H29N5O3S. The number of ether oxygens (including phenoxy) is 1. The van der Waals surface area contributed by atoms with E-state index in [0.29, 0.717) is 24.4 Å². The highest BCUT2D eigenvalue weighted by Gasteiger charge is 2.30. The maximum Gasteiger partial charge on any atom is 0.317 e. The third kappa shape index (κ3) is 5.20. The third-order valence-corrected chi connectivity index (χ3v) is 7.96. The number of hydrogen-bond acceptors (Lipinski definition) is 7. The molecule has 190 valence electrons. The van der Waals surface area contributed by atoms with E-state index in [1.165, 1.54) is 5.56 Å². The first-order valence-corrected chi connectivity index (χ1v) is 13.5. The maximum atomic E-state index is 12.9. The zero-order valence-electron chi connectivity index (χ0n) is 20.9. The van der Waals surface area contributed by atoms with Crippen LogP contribution in [0.2, 0.25) is 0 Å². The molecule has 2 atom stereocenters. The Morgan fingerprint density at radius 2 is 2.16 bits per heavy atom. The number of nitroso groups, excluding NO2 is 1. The third-order valence-electron chi connectivity index (χ3n) is 6.88. The standard InChI is InChI=1S/C28H29N5O3S/c1-17(2)36-25-11-8-18(13-19(25)14-29)27-30-15-26(37-27)23-7-3-6-22-21(23)9-10-24(22)31-28(34)33-12-4-5-20(16-33)32-35/h3,6-8,11,13,15,17,20,24H,4-5,9-10,12,16H2,1-2H3,(H,31,34). The molecule has 0 radical (unpaired) electrons. The van der Waals surface area contributed by atoms with Crippen LogP contribution in [0.5, 0.6) is 5.75 Å². The van der Waals surface area contributed by atoms with Crippen LogP contribution in [-0.4, -0.2) is 41.2 Å². The number of likely N-dealkylation sites (tertiary alicyclic amines) is 1. The molecule has 2 aromatic carbocycles. The van der Waals surface area contributed by atoms with Gasteiger partial charge in [0.25, 0.3) is 0 Å². The molecule has 5 rings (SSSR count). The lowest BCUT2D eigenvalue weighted by molar-refractivity contribution is 0.176. The molecule has 0 spiro atoms. The lowest BCUT2D eigenvalue weighted by Crippen LogP contribution is -2.47. The number of rotatable bonds is 6. The summed E-state index contributed by atoms with van der Waals surface area (Å²) in [5.41, 5.74) is 4.86. The normalized spacial score (nSPS) is 18.8. The minimum atomic E-state index is -0.314. The van der Waals surface area contributed by atoms with E-state index in [4.69, 9.17) is 4.74 Å². The van der Waals surface area contributed by atoms with Gasteiger partial charge in [0.2, 0.25) is 0 Å². The van der Waals surface area contributed by atoms with E-state index in [1.807, 2.05) is 44.3 Å². The fourth-order valence-electron chi connectivity index (χ4n) is 5.14. The molecule has 3 aromatic rings. The Hall–Kier alpha value is -3.77. The second-order valence-electron chi connectivity index (χ2n) is 9.78. The molecule has 1 aromatic heterocycles. The number of carbonyl (C=O) groups is 1. The Kier molecular flexibility index (Phi) is 7.19. The van der Waals surface area contributed by atoms with Gasteiger partial charge in [-0.25, -0.2) is 9.78 Å². The summed E-state index contributed by atoms with van der Waals surface area (Å²) < 4.78 is 5.75. The molecular weight excluding hydrogens is 486 g/mol. The molecule has 1 aliphatic carbocycles. The van der Waals surface area contributed by atoms with Gasteiger partial charge in [-0.2, -0.15) is 10.2 Å². The van der Waals surface area contributed by atoms with Gasteiger partial charge in [-0.3, -0.25) is 0 Å². The van der Waals surface area contributed by atoms with Crippen molar-refractivity contribution in [1.29, 1.82) is 5.26 Å². The Labute approximate surface area is 220 Å². The van der Waals surface area contributed by atoms with Crippen LogP contribution in [0, 0.1) is 16.2 Å². The van der Waals surface area contributed by atoms with Gasteiger partial charge in [-0.1, -0.05) is 23.4 Å². The first-order chi connectivity index (χ1) is 18.0. The van der Waals surface area contributed by atoms with E-state index in [2.05, 4.69) is 33.7 Å². The van der Waals surface area contributed by atoms with Gasteiger partial charge in [-0.15, -0.1) is 11.3 Å². The molecule has 8 nitrogen and oxygen atoms in total. The number of nitriles is 1. The highest BCUT2D eigenvalue weighted by molar-refractivity contribution is 7.18. The lowest BCUT2D eigenvalue weighted by atomic mass is 10.0. The van der Waals surface area contributed by atoms with Gasteiger partial charge < -0.3 is 15.0 Å². The predicted octanol–water partition coefficient (Wildman–Crippen LogP) is 6.06. The molecule has 2 unspecified atom stereocenters. The van der Waals surface area contributed by atoms with Crippen molar-refractivity contribution in [3.05, 3.63) is 64.2 Å². The van der Waals surface area contributed by atoms with Crippen molar-refractivity contribution in [2.45, 2.75) is 57.7 Å². The van der Waals surface area contributed by atoms with Crippen molar-refractivity contribution < 1.29 is 9.53 Å². The zero-order valence-corrected chi connectivity index (χ0v) is 21.8. The summed E-state index contributed by atoms with van der Waals surface area (Å²) in [5.74, 6) is 0.578. The van der Waals surface area contributed by atoms with E-state index >= 15 is 0 Å². The summed E-state index contributed by atoms with van der Waals surface area (Å²) in [6, 6.07) is 13.5. The second kappa shape index (κ2) is 10.7. The van der Waals surface area contributed by atoms with Gasteiger partial charge in [0.05, 0.1) is 22.6 Å². The topological polar surface area (TPSA) is 108 Å². The molecule has 1 fully saturated rings. The predicted molar refractivity (Wildman–Crippen MR) is 143 cm³/mol. The van der Waals surface area contributed by atoms with E-state index in [1.54, 1.807) is 16.2 Å². The molecule has 2 heterocycles. The monoisotopic (exact) mass is 515 g/mol. The summed E-state index contributed by atoms with van der Waals surface area (Å²) in [5, 5.41) is 16.8. The van der Waals surface area contributed by atoms with Gasteiger partial charge in [-0.05, 0) is 74.4 Å². The van der Waals surface area contributed by atoms with Crippen LogP contribution < -0.4 is 10.1 Å².